The van der Waals surface area contributed by atoms with Gasteiger partial charge < -0.3 is 19.5 Å². The van der Waals surface area contributed by atoms with Crippen LogP contribution in [0, 0.1) is 5.92 Å². The summed E-state index contributed by atoms with van der Waals surface area (Å²) < 4.78 is 15.6. The Labute approximate surface area is 159 Å². The van der Waals surface area contributed by atoms with Gasteiger partial charge in [-0.15, -0.1) is 0 Å². The van der Waals surface area contributed by atoms with Crippen molar-refractivity contribution in [3.05, 3.63) is 59.7 Å². The largest absolute Gasteiger partial charge is 0.497 e. The van der Waals surface area contributed by atoms with Gasteiger partial charge in [-0.2, -0.15) is 0 Å². The number of carbonyl (C=O) groups excluding carboxylic acids is 2. The molecule has 0 saturated heterocycles. The van der Waals surface area contributed by atoms with Crippen LogP contribution in [-0.2, 0) is 16.1 Å². The molecule has 1 N–H and O–H groups in total. The van der Waals surface area contributed by atoms with E-state index < -0.39 is 12.0 Å². The van der Waals surface area contributed by atoms with E-state index in [1.54, 1.807) is 50.6 Å². The lowest BCUT2D eigenvalue weighted by atomic mass is 10.0. The lowest BCUT2D eigenvalue weighted by Crippen LogP contribution is -2.45. The Balaban J connectivity index is 1.97. The van der Waals surface area contributed by atoms with Crippen LogP contribution < -0.4 is 14.8 Å². The van der Waals surface area contributed by atoms with Crippen LogP contribution in [0.15, 0.2) is 48.5 Å². The normalized spacial score (nSPS) is 11.6. The van der Waals surface area contributed by atoms with Crippen LogP contribution in [-0.4, -0.2) is 32.1 Å². The van der Waals surface area contributed by atoms with E-state index >= 15 is 0 Å². The SMILES string of the molecule is COc1ccc(COC(=O)[C@@H](NC(=O)c2ccc(OC)cc2)C(C)C)cc1. The van der Waals surface area contributed by atoms with E-state index in [-0.39, 0.29) is 18.4 Å². The third kappa shape index (κ3) is 5.74. The van der Waals surface area contributed by atoms with Gasteiger partial charge in [-0.3, -0.25) is 4.79 Å². The molecule has 2 aromatic carbocycles. The molecule has 0 bridgehead atoms. The van der Waals surface area contributed by atoms with Gasteiger partial charge >= 0.3 is 5.97 Å². The first-order chi connectivity index (χ1) is 12.9. The predicted molar refractivity (Wildman–Crippen MR) is 102 cm³/mol. The standard InChI is InChI=1S/C21H25NO5/c1-14(2)19(22-20(23)16-7-11-18(26-4)12-8-16)21(24)27-13-15-5-9-17(25-3)10-6-15/h5-12,14,19H,13H2,1-4H3,(H,22,23)/t19-/m0/s1. The van der Waals surface area contributed by atoms with Gasteiger partial charge in [0.25, 0.3) is 5.91 Å². The molecule has 6 nitrogen and oxygen atoms in total. The summed E-state index contributed by atoms with van der Waals surface area (Å²) in [6.45, 7) is 3.84. The maximum Gasteiger partial charge on any atom is 0.329 e. The van der Waals surface area contributed by atoms with Crippen molar-refractivity contribution in [2.75, 3.05) is 14.2 Å². The molecular weight excluding hydrogens is 346 g/mol. The lowest BCUT2D eigenvalue weighted by molar-refractivity contribution is -0.148. The first kappa shape index (κ1) is 20.3. The van der Waals surface area contributed by atoms with Crippen LogP contribution in [0.2, 0.25) is 0 Å². The molecule has 0 aromatic heterocycles. The minimum absolute atomic E-state index is 0.115. The number of nitrogens with one attached hydrogen (secondary N) is 1. The molecule has 0 spiro atoms. The zero-order chi connectivity index (χ0) is 19.8. The number of rotatable bonds is 8. The second-order valence-electron chi connectivity index (χ2n) is 6.38. The molecule has 27 heavy (non-hydrogen) atoms. The van der Waals surface area contributed by atoms with Gasteiger partial charge in [0.15, 0.2) is 0 Å². The fourth-order valence-corrected chi connectivity index (χ4v) is 2.43. The highest BCUT2D eigenvalue weighted by atomic mass is 16.5. The second kappa shape index (κ2) is 9.62. The first-order valence-corrected chi connectivity index (χ1v) is 8.69. The van der Waals surface area contributed by atoms with Crippen LogP contribution in [0.1, 0.15) is 29.8 Å². The van der Waals surface area contributed by atoms with Gasteiger partial charge in [-0.25, -0.2) is 4.79 Å². The zero-order valence-corrected chi connectivity index (χ0v) is 16.0. The van der Waals surface area contributed by atoms with Crippen LogP contribution in [0.5, 0.6) is 11.5 Å². The molecule has 0 aliphatic carbocycles. The first-order valence-electron chi connectivity index (χ1n) is 8.69. The van der Waals surface area contributed by atoms with Crippen LogP contribution in [0.4, 0.5) is 0 Å². The smallest absolute Gasteiger partial charge is 0.329 e. The Kier molecular flexibility index (Phi) is 7.23. The number of methoxy groups -OCH3 is 2. The highest BCUT2D eigenvalue weighted by Crippen LogP contribution is 2.14. The summed E-state index contributed by atoms with van der Waals surface area (Å²) in [6, 6.07) is 13.2. The van der Waals surface area contributed by atoms with Crippen molar-refractivity contribution in [1.29, 1.82) is 0 Å². The van der Waals surface area contributed by atoms with Gasteiger partial charge in [0.2, 0.25) is 0 Å². The summed E-state index contributed by atoms with van der Waals surface area (Å²) in [5, 5.41) is 2.75. The molecule has 2 rings (SSSR count). The summed E-state index contributed by atoms with van der Waals surface area (Å²) in [5.74, 6) is 0.471. The lowest BCUT2D eigenvalue weighted by Gasteiger charge is -2.21. The third-order valence-corrected chi connectivity index (χ3v) is 4.10. The number of amides is 1. The Bertz CT molecular complexity index is 753. The summed E-state index contributed by atoms with van der Waals surface area (Å²) >= 11 is 0. The number of esters is 1. The highest BCUT2D eigenvalue weighted by molar-refractivity contribution is 5.96. The van der Waals surface area contributed by atoms with Crippen LogP contribution >= 0.6 is 0 Å². The van der Waals surface area contributed by atoms with Gasteiger partial charge in [0.05, 0.1) is 14.2 Å². The summed E-state index contributed by atoms with van der Waals surface area (Å²) in [6.07, 6.45) is 0. The zero-order valence-electron chi connectivity index (χ0n) is 16.0. The van der Waals surface area contributed by atoms with Crippen molar-refractivity contribution in [3.63, 3.8) is 0 Å². The van der Waals surface area contributed by atoms with Crippen LogP contribution in [0.3, 0.4) is 0 Å². The fraction of sp³-hybridized carbons (Fsp3) is 0.333. The number of benzene rings is 2. The van der Waals surface area contributed by atoms with Crippen molar-refractivity contribution in [3.8, 4) is 11.5 Å². The quantitative estimate of drug-likeness (QED) is 0.722. The topological polar surface area (TPSA) is 73.9 Å². The predicted octanol–water partition coefficient (Wildman–Crippen LogP) is 3.20. The highest BCUT2D eigenvalue weighted by Gasteiger charge is 2.26. The minimum atomic E-state index is -0.738. The number of ether oxygens (including phenoxy) is 3. The van der Waals surface area contributed by atoms with Gasteiger partial charge in [-0.05, 0) is 47.9 Å². The van der Waals surface area contributed by atoms with Crippen molar-refractivity contribution in [2.45, 2.75) is 26.5 Å². The molecule has 2 aromatic rings. The summed E-state index contributed by atoms with van der Waals surface area (Å²) in [4.78, 5) is 24.9. The monoisotopic (exact) mass is 371 g/mol. The number of hydrogen-bond donors (Lipinski definition) is 1. The fourth-order valence-electron chi connectivity index (χ4n) is 2.43. The Morgan fingerprint density at radius 3 is 1.89 bits per heavy atom. The molecule has 0 fully saturated rings. The van der Waals surface area contributed by atoms with Gasteiger partial charge in [0.1, 0.15) is 24.1 Å². The van der Waals surface area contributed by atoms with E-state index in [0.29, 0.717) is 11.3 Å². The second-order valence-corrected chi connectivity index (χ2v) is 6.38. The molecular formula is C21H25NO5. The van der Waals surface area contributed by atoms with E-state index in [9.17, 15) is 9.59 Å². The Hall–Kier alpha value is -3.02. The minimum Gasteiger partial charge on any atom is -0.497 e. The van der Waals surface area contributed by atoms with E-state index in [2.05, 4.69) is 5.32 Å². The van der Waals surface area contributed by atoms with Crippen molar-refractivity contribution in [1.82, 2.24) is 5.32 Å². The van der Waals surface area contributed by atoms with Gasteiger partial charge in [0, 0.05) is 5.56 Å². The molecule has 0 aliphatic heterocycles. The average Bonchev–Trinajstić information content (AvgIpc) is 2.70. The van der Waals surface area contributed by atoms with E-state index in [1.165, 1.54) is 0 Å². The van der Waals surface area contributed by atoms with Crippen molar-refractivity contribution < 1.29 is 23.8 Å². The molecule has 144 valence electrons. The molecule has 0 unspecified atom stereocenters. The van der Waals surface area contributed by atoms with E-state index in [4.69, 9.17) is 14.2 Å². The maximum absolute atomic E-state index is 12.5. The molecule has 1 amide bonds. The third-order valence-electron chi connectivity index (χ3n) is 4.10. The number of carbonyl (C=O) groups is 2. The Morgan fingerprint density at radius 1 is 0.889 bits per heavy atom. The molecule has 6 heteroatoms. The maximum atomic E-state index is 12.5. The Morgan fingerprint density at radius 2 is 1.41 bits per heavy atom. The van der Waals surface area contributed by atoms with Gasteiger partial charge in [-0.1, -0.05) is 26.0 Å². The molecule has 0 heterocycles. The molecule has 0 saturated carbocycles. The molecule has 0 aliphatic rings. The number of hydrogen-bond acceptors (Lipinski definition) is 5. The van der Waals surface area contributed by atoms with Crippen molar-refractivity contribution in [2.24, 2.45) is 5.92 Å². The van der Waals surface area contributed by atoms with E-state index in [1.807, 2.05) is 26.0 Å². The van der Waals surface area contributed by atoms with Crippen molar-refractivity contribution >= 4 is 11.9 Å². The average molecular weight is 371 g/mol. The molecule has 0 radical (unpaired) electrons. The molecule has 1 atom stereocenters. The van der Waals surface area contributed by atoms with Crippen LogP contribution in [0.25, 0.3) is 0 Å². The summed E-state index contributed by atoms with van der Waals surface area (Å²) in [7, 11) is 3.15. The van der Waals surface area contributed by atoms with E-state index in [0.717, 1.165) is 11.3 Å². The summed E-state index contributed by atoms with van der Waals surface area (Å²) in [5.41, 5.74) is 1.29.